The molecule has 0 heterocycles. The summed E-state index contributed by atoms with van der Waals surface area (Å²) in [6.07, 6.45) is 6.82. The van der Waals surface area contributed by atoms with E-state index in [-0.39, 0.29) is 0 Å². The Morgan fingerprint density at radius 2 is 2.00 bits per heavy atom. The second kappa shape index (κ2) is 8.19. The van der Waals surface area contributed by atoms with E-state index in [2.05, 4.69) is 52.9 Å². The zero-order chi connectivity index (χ0) is 15.2. The second-order valence-corrected chi connectivity index (χ2v) is 7.41. The highest BCUT2D eigenvalue weighted by Crippen LogP contribution is 2.29. The fourth-order valence-electron chi connectivity index (χ4n) is 3.13. The average Bonchev–Trinajstić information content (AvgIpc) is 2.97. The molecule has 118 valence electrons. The van der Waals surface area contributed by atoms with Gasteiger partial charge in [-0.2, -0.15) is 0 Å². The minimum atomic E-state index is 0.775. The van der Waals surface area contributed by atoms with Crippen LogP contribution < -0.4 is 4.74 Å². The van der Waals surface area contributed by atoms with Crippen molar-refractivity contribution in [3.8, 4) is 5.75 Å². The monoisotopic (exact) mass is 353 g/mol. The molecule has 1 aromatic carbocycles. The summed E-state index contributed by atoms with van der Waals surface area (Å²) in [5.74, 6) is 1.69. The van der Waals surface area contributed by atoms with Crippen LogP contribution in [0.25, 0.3) is 0 Å². The van der Waals surface area contributed by atoms with Gasteiger partial charge in [-0.05, 0) is 65.4 Å². The molecule has 21 heavy (non-hydrogen) atoms. The van der Waals surface area contributed by atoms with Crippen molar-refractivity contribution in [1.29, 1.82) is 0 Å². The van der Waals surface area contributed by atoms with Crippen molar-refractivity contribution in [2.24, 2.45) is 5.92 Å². The van der Waals surface area contributed by atoms with E-state index < -0.39 is 0 Å². The van der Waals surface area contributed by atoms with E-state index in [4.69, 9.17) is 4.74 Å². The van der Waals surface area contributed by atoms with Crippen LogP contribution in [0.2, 0.25) is 0 Å². The van der Waals surface area contributed by atoms with Gasteiger partial charge in [-0.25, -0.2) is 0 Å². The molecule has 3 heteroatoms. The number of hydrogen-bond acceptors (Lipinski definition) is 2. The molecule has 0 unspecified atom stereocenters. The molecule has 1 aromatic rings. The van der Waals surface area contributed by atoms with Gasteiger partial charge in [0.15, 0.2) is 0 Å². The molecule has 1 fully saturated rings. The summed E-state index contributed by atoms with van der Waals surface area (Å²) in [4.78, 5) is 2.70. The van der Waals surface area contributed by atoms with Crippen molar-refractivity contribution in [2.75, 3.05) is 13.7 Å². The SMILES string of the molecule is COc1ccc(CN(CCC(C)C)C2CCCC2)cc1Br. The first kappa shape index (κ1) is 16.8. The van der Waals surface area contributed by atoms with Crippen molar-refractivity contribution in [3.05, 3.63) is 28.2 Å². The lowest BCUT2D eigenvalue weighted by Gasteiger charge is -2.29. The summed E-state index contributed by atoms with van der Waals surface area (Å²) in [6, 6.07) is 7.25. The lowest BCUT2D eigenvalue weighted by atomic mass is 10.1. The average molecular weight is 354 g/mol. The Kier molecular flexibility index (Phi) is 6.56. The molecule has 0 aliphatic heterocycles. The molecule has 2 nitrogen and oxygen atoms in total. The third-order valence-corrected chi connectivity index (χ3v) is 5.06. The fraction of sp³-hybridized carbons (Fsp3) is 0.667. The number of ether oxygens (including phenoxy) is 1. The molecule has 0 amide bonds. The number of methoxy groups -OCH3 is 1. The summed E-state index contributed by atoms with van der Waals surface area (Å²) < 4.78 is 6.38. The fourth-order valence-corrected chi connectivity index (χ4v) is 3.71. The molecule has 0 bridgehead atoms. The number of nitrogens with zero attached hydrogens (tertiary/aromatic N) is 1. The molecule has 1 aliphatic rings. The summed E-state index contributed by atoms with van der Waals surface area (Å²) in [6.45, 7) is 6.90. The molecule has 0 aromatic heterocycles. The minimum absolute atomic E-state index is 0.775. The third-order valence-electron chi connectivity index (χ3n) is 4.44. The number of benzene rings is 1. The molecule has 1 aliphatic carbocycles. The lowest BCUT2D eigenvalue weighted by molar-refractivity contribution is 0.179. The molecule has 0 spiro atoms. The van der Waals surface area contributed by atoms with Crippen LogP contribution in [0.4, 0.5) is 0 Å². The predicted molar refractivity (Wildman–Crippen MR) is 92.8 cm³/mol. The molecule has 0 atom stereocenters. The first-order valence-electron chi connectivity index (χ1n) is 8.16. The smallest absolute Gasteiger partial charge is 0.133 e. The van der Waals surface area contributed by atoms with Gasteiger partial charge < -0.3 is 4.74 Å². The summed E-state index contributed by atoms with van der Waals surface area (Å²) in [5, 5.41) is 0. The van der Waals surface area contributed by atoms with Crippen molar-refractivity contribution >= 4 is 15.9 Å². The van der Waals surface area contributed by atoms with E-state index in [0.29, 0.717) is 0 Å². The van der Waals surface area contributed by atoms with E-state index >= 15 is 0 Å². The van der Waals surface area contributed by atoms with Gasteiger partial charge in [-0.3, -0.25) is 4.90 Å². The highest BCUT2D eigenvalue weighted by molar-refractivity contribution is 9.10. The number of hydrogen-bond donors (Lipinski definition) is 0. The molecule has 0 radical (unpaired) electrons. The topological polar surface area (TPSA) is 12.5 Å². The van der Waals surface area contributed by atoms with Gasteiger partial charge in [0.1, 0.15) is 5.75 Å². The lowest BCUT2D eigenvalue weighted by Crippen LogP contribution is -2.34. The molecule has 0 saturated heterocycles. The zero-order valence-electron chi connectivity index (χ0n) is 13.6. The van der Waals surface area contributed by atoms with E-state index in [1.54, 1.807) is 7.11 Å². The van der Waals surface area contributed by atoms with Crippen LogP contribution in [0.5, 0.6) is 5.75 Å². The maximum absolute atomic E-state index is 5.32. The van der Waals surface area contributed by atoms with Crippen LogP contribution >= 0.6 is 15.9 Å². The summed E-state index contributed by atoms with van der Waals surface area (Å²) >= 11 is 3.60. The largest absolute Gasteiger partial charge is 0.496 e. The second-order valence-electron chi connectivity index (χ2n) is 6.56. The van der Waals surface area contributed by atoms with Gasteiger partial charge in [0.05, 0.1) is 11.6 Å². The van der Waals surface area contributed by atoms with Crippen molar-refractivity contribution < 1.29 is 4.74 Å². The first-order chi connectivity index (χ1) is 10.1. The van der Waals surface area contributed by atoms with E-state index in [1.807, 2.05) is 0 Å². The number of halogens is 1. The van der Waals surface area contributed by atoms with Gasteiger partial charge in [0, 0.05) is 12.6 Å². The van der Waals surface area contributed by atoms with Gasteiger partial charge in [-0.15, -0.1) is 0 Å². The van der Waals surface area contributed by atoms with Crippen LogP contribution in [0.3, 0.4) is 0 Å². The Balaban J connectivity index is 2.04. The van der Waals surface area contributed by atoms with Crippen LogP contribution in [-0.4, -0.2) is 24.6 Å². The van der Waals surface area contributed by atoms with E-state index in [0.717, 1.165) is 28.7 Å². The van der Waals surface area contributed by atoms with Gasteiger partial charge in [0.2, 0.25) is 0 Å². The maximum atomic E-state index is 5.32. The minimum Gasteiger partial charge on any atom is -0.496 e. The van der Waals surface area contributed by atoms with Crippen molar-refractivity contribution in [2.45, 2.75) is 58.5 Å². The molecular formula is C18H28BrNO. The highest BCUT2D eigenvalue weighted by atomic mass is 79.9. The Hall–Kier alpha value is -0.540. The van der Waals surface area contributed by atoms with Crippen molar-refractivity contribution in [1.82, 2.24) is 4.90 Å². The van der Waals surface area contributed by atoms with Crippen LogP contribution in [0, 0.1) is 5.92 Å². The van der Waals surface area contributed by atoms with Crippen LogP contribution in [-0.2, 0) is 6.54 Å². The Bertz CT molecular complexity index is 441. The maximum Gasteiger partial charge on any atom is 0.133 e. The van der Waals surface area contributed by atoms with E-state index in [9.17, 15) is 0 Å². The zero-order valence-corrected chi connectivity index (χ0v) is 15.2. The highest BCUT2D eigenvalue weighted by Gasteiger charge is 2.22. The Morgan fingerprint density at radius 3 is 2.57 bits per heavy atom. The Labute approximate surface area is 138 Å². The van der Waals surface area contributed by atoms with Gasteiger partial charge in [0.25, 0.3) is 0 Å². The summed E-state index contributed by atoms with van der Waals surface area (Å²) in [5.41, 5.74) is 1.37. The molecule has 1 saturated carbocycles. The van der Waals surface area contributed by atoms with Crippen molar-refractivity contribution in [3.63, 3.8) is 0 Å². The van der Waals surface area contributed by atoms with Crippen LogP contribution in [0.15, 0.2) is 22.7 Å². The van der Waals surface area contributed by atoms with Crippen LogP contribution in [0.1, 0.15) is 51.5 Å². The van der Waals surface area contributed by atoms with E-state index in [1.165, 1.54) is 44.2 Å². The Morgan fingerprint density at radius 1 is 1.29 bits per heavy atom. The third kappa shape index (κ3) is 5.00. The predicted octanol–water partition coefficient (Wildman–Crippen LogP) is 5.25. The normalized spacial score (nSPS) is 16.1. The standard InChI is InChI=1S/C18H28BrNO/c1-14(2)10-11-20(16-6-4-5-7-16)13-15-8-9-18(21-3)17(19)12-15/h8-9,12,14,16H,4-7,10-11,13H2,1-3H3. The summed E-state index contributed by atoms with van der Waals surface area (Å²) in [7, 11) is 1.72. The van der Waals surface area contributed by atoms with Gasteiger partial charge >= 0.3 is 0 Å². The number of rotatable bonds is 7. The molecular weight excluding hydrogens is 326 g/mol. The quantitative estimate of drug-likeness (QED) is 0.663. The molecule has 0 N–H and O–H groups in total. The van der Waals surface area contributed by atoms with Gasteiger partial charge in [-0.1, -0.05) is 32.8 Å². The first-order valence-corrected chi connectivity index (χ1v) is 8.96. The molecule has 2 rings (SSSR count).